The van der Waals surface area contributed by atoms with Gasteiger partial charge < -0.3 is 9.64 Å². The predicted molar refractivity (Wildman–Crippen MR) is 120 cm³/mol. The Morgan fingerprint density at radius 1 is 1.12 bits per heavy atom. The second-order valence-corrected chi connectivity index (χ2v) is 8.49. The zero-order valence-corrected chi connectivity index (χ0v) is 18.7. The van der Waals surface area contributed by atoms with E-state index in [2.05, 4.69) is 15.5 Å². The van der Waals surface area contributed by atoms with Gasteiger partial charge in [-0.15, -0.1) is 16.9 Å². The van der Waals surface area contributed by atoms with Crippen molar-refractivity contribution < 1.29 is 14.3 Å². The van der Waals surface area contributed by atoms with Crippen LogP contribution in [-0.2, 0) is 15.3 Å². The van der Waals surface area contributed by atoms with Crippen molar-refractivity contribution in [1.82, 2.24) is 25.1 Å². The number of benzene rings is 2. The van der Waals surface area contributed by atoms with Gasteiger partial charge in [-0.1, -0.05) is 30.3 Å². The Bertz CT molecular complexity index is 1070. The fourth-order valence-electron chi connectivity index (χ4n) is 3.76. The minimum atomic E-state index is -0.261. The smallest absolute Gasteiger partial charge is 0.310 e. The first-order valence-corrected chi connectivity index (χ1v) is 11.7. The Balaban J connectivity index is 1.47. The first kappa shape index (κ1) is 22.0. The molecule has 2 aromatic carbocycles. The number of hydrogen-bond donors (Lipinski definition) is 0. The Hall–Kier alpha value is -3.20. The van der Waals surface area contributed by atoms with Crippen LogP contribution in [-0.4, -0.2) is 56.7 Å². The molecule has 1 unspecified atom stereocenters. The van der Waals surface area contributed by atoms with Gasteiger partial charge in [-0.05, 0) is 54.5 Å². The Morgan fingerprint density at radius 3 is 2.72 bits per heavy atom. The molecule has 1 amide bonds. The van der Waals surface area contributed by atoms with Gasteiger partial charge in [0, 0.05) is 18.0 Å². The van der Waals surface area contributed by atoms with E-state index < -0.39 is 0 Å². The summed E-state index contributed by atoms with van der Waals surface area (Å²) in [6, 6.07) is 17.2. The molecule has 1 aliphatic rings. The molecule has 0 radical (unpaired) electrons. The van der Waals surface area contributed by atoms with Crippen molar-refractivity contribution in [3.8, 4) is 5.69 Å². The summed E-state index contributed by atoms with van der Waals surface area (Å²) >= 11 is 1.52. The van der Waals surface area contributed by atoms with E-state index >= 15 is 0 Å². The molecule has 1 fully saturated rings. The van der Waals surface area contributed by atoms with Gasteiger partial charge in [-0.2, -0.15) is 4.68 Å². The van der Waals surface area contributed by atoms with Crippen LogP contribution in [0.2, 0.25) is 0 Å². The molecule has 166 valence electrons. The van der Waals surface area contributed by atoms with E-state index in [0.29, 0.717) is 36.8 Å². The van der Waals surface area contributed by atoms with Crippen LogP contribution in [0.5, 0.6) is 0 Å². The monoisotopic (exact) mass is 451 g/mol. The minimum absolute atomic E-state index is 0.0650. The number of carbonyl (C=O) groups is 2. The number of amides is 1. The molecule has 8 nitrogen and oxygen atoms in total. The molecule has 0 bridgehead atoms. The highest BCUT2D eigenvalue weighted by atomic mass is 32.2. The second kappa shape index (κ2) is 10.4. The molecule has 4 rings (SSSR count). The molecule has 32 heavy (non-hydrogen) atoms. The average Bonchev–Trinajstić information content (AvgIpc) is 3.32. The number of ether oxygens (including phenoxy) is 1. The number of para-hydroxylation sites is 1. The van der Waals surface area contributed by atoms with Crippen molar-refractivity contribution in [3.05, 3.63) is 66.0 Å². The maximum atomic E-state index is 13.3. The zero-order valence-electron chi connectivity index (χ0n) is 17.9. The van der Waals surface area contributed by atoms with Gasteiger partial charge in [0.1, 0.15) is 0 Å². The maximum absolute atomic E-state index is 13.3. The molecule has 0 N–H and O–H groups in total. The number of likely N-dealkylation sites (tertiary alicyclic amines) is 1. The lowest BCUT2D eigenvalue weighted by Crippen LogP contribution is -2.43. The summed E-state index contributed by atoms with van der Waals surface area (Å²) in [6.45, 7) is 3.18. The van der Waals surface area contributed by atoms with Crippen molar-refractivity contribution >= 4 is 23.6 Å². The van der Waals surface area contributed by atoms with Crippen LogP contribution in [0.25, 0.3) is 5.69 Å². The minimum Gasteiger partial charge on any atom is -0.466 e. The summed E-state index contributed by atoms with van der Waals surface area (Å²) in [6.07, 6.45) is 1.54. The van der Waals surface area contributed by atoms with Gasteiger partial charge in [0.2, 0.25) is 0 Å². The maximum Gasteiger partial charge on any atom is 0.310 e. The van der Waals surface area contributed by atoms with Crippen LogP contribution >= 0.6 is 11.8 Å². The van der Waals surface area contributed by atoms with E-state index in [-0.39, 0.29) is 17.8 Å². The highest BCUT2D eigenvalue weighted by Crippen LogP contribution is 2.28. The molecule has 2 heterocycles. The first-order chi connectivity index (χ1) is 15.7. The third-order valence-corrected chi connectivity index (χ3v) is 6.41. The van der Waals surface area contributed by atoms with Crippen molar-refractivity contribution in [2.75, 3.05) is 19.7 Å². The molecule has 0 spiro atoms. The lowest BCUT2D eigenvalue weighted by molar-refractivity contribution is -0.149. The van der Waals surface area contributed by atoms with Gasteiger partial charge in [0.25, 0.3) is 5.91 Å². The number of thioether (sulfide) groups is 1. The van der Waals surface area contributed by atoms with E-state index in [1.54, 1.807) is 16.5 Å². The molecule has 9 heteroatoms. The quantitative estimate of drug-likeness (QED) is 0.402. The van der Waals surface area contributed by atoms with E-state index in [1.165, 1.54) is 11.8 Å². The third kappa shape index (κ3) is 4.99. The SMILES string of the molecule is CCOC(=O)C1CCCN(C(=O)c2ccccc2SCc2nnnn2-c2ccccc2)C1. The number of rotatable bonds is 7. The summed E-state index contributed by atoms with van der Waals surface area (Å²) in [5.74, 6) is 0.661. The van der Waals surface area contributed by atoms with Gasteiger partial charge in [-0.25, -0.2) is 0 Å². The fraction of sp³-hybridized carbons (Fsp3) is 0.348. The van der Waals surface area contributed by atoms with Gasteiger partial charge >= 0.3 is 5.97 Å². The van der Waals surface area contributed by atoms with Crippen molar-refractivity contribution in [3.63, 3.8) is 0 Å². The predicted octanol–water partition coefficient (Wildman–Crippen LogP) is 3.37. The average molecular weight is 452 g/mol. The summed E-state index contributed by atoms with van der Waals surface area (Å²) < 4.78 is 6.86. The van der Waals surface area contributed by atoms with E-state index in [9.17, 15) is 9.59 Å². The van der Waals surface area contributed by atoms with Crippen LogP contribution in [0.1, 0.15) is 35.9 Å². The van der Waals surface area contributed by atoms with Gasteiger partial charge in [0.05, 0.1) is 29.5 Å². The van der Waals surface area contributed by atoms with E-state index in [1.807, 2.05) is 54.6 Å². The molecule has 0 saturated carbocycles. The Morgan fingerprint density at radius 2 is 1.91 bits per heavy atom. The normalized spacial score (nSPS) is 16.0. The second-order valence-electron chi connectivity index (χ2n) is 7.47. The number of esters is 1. The number of tetrazole rings is 1. The Kier molecular flexibility index (Phi) is 7.16. The van der Waals surface area contributed by atoms with Crippen LogP contribution in [0, 0.1) is 5.92 Å². The van der Waals surface area contributed by atoms with Crippen LogP contribution < -0.4 is 0 Å². The topological polar surface area (TPSA) is 90.2 Å². The number of carbonyl (C=O) groups excluding carboxylic acids is 2. The molecular formula is C23H25N5O3S. The Labute approximate surface area is 190 Å². The van der Waals surface area contributed by atoms with Gasteiger partial charge in [-0.3, -0.25) is 9.59 Å². The van der Waals surface area contributed by atoms with Crippen molar-refractivity contribution in [1.29, 1.82) is 0 Å². The van der Waals surface area contributed by atoms with Crippen molar-refractivity contribution in [2.24, 2.45) is 5.92 Å². The summed E-state index contributed by atoms with van der Waals surface area (Å²) in [5, 5.41) is 12.1. The van der Waals surface area contributed by atoms with Crippen LogP contribution in [0.4, 0.5) is 0 Å². The van der Waals surface area contributed by atoms with Crippen molar-refractivity contribution in [2.45, 2.75) is 30.4 Å². The summed E-state index contributed by atoms with van der Waals surface area (Å²) in [7, 11) is 0. The lowest BCUT2D eigenvalue weighted by Gasteiger charge is -2.32. The number of nitrogens with zero attached hydrogens (tertiary/aromatic N) is 5. The highest BCUT2D eigenvalue weighted by molar-refractivity contribution is 7.98. The molecular weight excluding hydrogens is 426 g/mol. The molecule has 3 aromatic rings. The fourth-order valence-corrected chi connectivity index (χ4v) is 4.71. The third-order valence-electron chi connectivity index (χ3n) is 5.34. The lowest BCUT2D eigenvalue weighted by atomic mass is 9.97. The highest BCUT2D eigenvalue weighted by Gasteiger charge is 2.30. The first-order valence-electron chi connectivity index (χ1n) is 10.7. The van der Waals surface area contributed by atoms with Crippen LogP contribution in [0.15, 0.2) is 59.5 Å². The summed E-state index contributed by atoms with van der Waals surface area (Å²) in [4.78, 5) is 28.1. The number of aromatic nitrogens is 4. The molecule has 1 aliphatic heterocycles. The largest absolute Gasteiger partial charge is 0.466 e. The van der Waals surface area contributed by atoms with Gasteiger partial charge in [0.15, 0.2) is 5.82 Å². The number of hydrogen-bond acceptors (Lipinski definition) is 7. The van der Waals surface area contributed by atoms with Crippen LogP contribution in [0.3, 0.4) is 0 Å². The van der Waals surface area contributed by atoms with E-state index in [0.717, 1.165) is 23.4 Å². The molecule has 1 aromatic heterocycles. The standard InChI is InChI=1S/C23H25N5O3S/c1-2-31-23(30)17-9-8-14-27(15-17)22(29)19-12-6-7-13-20(19)32-16-21-24-25-26-28(21)18-10-4-3-5-11-18/h3-7,10-13,17H,2,8-9,14-16H2,1H3. The molecule has 1 atom stereocenters. The number of piperidine rings is 1. The summed E-state index contributed by atoms with van der Waals surface area (Å²) in [5.41, 5.74) is 1.51. The molecule has 0 aliphatic carbocycles. The zero-order chi connectivity index (χ0) is 22.3. The molecule has 1 saturated heterocycles. The van der Waals surface area contributed by atoms with E-state index in [4.69, 9.17) is 4.74 Å².